The summed E-state index contributed by atoms with van der Waals surface area (Å²) in [5.41, 5.74) is 0. The quantitative estimate of drug-likeness (QED) is 0.721. The molecule has 17 heavy (non-hydrogen) atoms. The van der Waals surface area contributed by atoms with Crippen molar-refractivity contribution in [3.63, 3.8) is 0 Å². The number of hydrogen-bond donors (Lipinski definition) is 3. The normalized spacial score (nSPS) is 11.8. The number of thiophene rings is 1. The van der Waals surface area contributed by atoms with Crippen LogP contribution in [0.1, 0.15) is 18.2 Å². The first-order valence-electron chi connectivity index (χ1n) is 5.43. The summed E-state index contributed by atoms with van der Waals surface area (Å²) in [7, 11) is 0. The molecule has 0 radical (unpaired) electrons. The molecule has 1 rings (SSSR count). The molecule has 1 heterocycles. The number of urea groups is 1. The Kier molecular flexibility index (Phi) is 5.48. The number of carboxylic acid groups (broad SMARTS) is 1. The summed E-state index contributed by atoms with van der Waals surface area (Å²) in [6, 6.07) is 2.70. The fourth-order valence-corrected chi connectivity index (χ4v) is 2.01. The van der Waals surface area contributed by atoms with Crippen LogP contribution in [0.25, 0.3) is 0 Å². The van der Waals surface area contributed by atoms with E-state index in [0.717, 1.165) is 6.42 Å². The minimum atomic E-state index is -1.01. The van der Waals surface area contributed by atoms with Crippen molar-refractivity contribution in [1.29, 1.82) is 0 Å². The highest BCUT2D eigenvalue weighted by Gasteiger charge is 2.16. The fourth-order valence-electron chi connectivity index (χ4n) is 1.30. The lowest BCUT2D eigenvalue weighted by Gasteiger charge is -2.12. The van der Waals surface area contributed by atoms with Crippen LogP contribution in [0.5, 0.6) is 0 Å². The molecule has 5 nitrogen and oxygen atoms in total. The molecular weight excluding hydrogens is 240 g/mol. The van der Waals surface area contributed by atoms with Gasteiger partial charge in [0.25, 0.3) is 0 Å². The first-order valence-corrected chi connectivity index (χ1v) is 6.31. The van der Waals surface area contributed by atoms with Gasteiger partial charge in [-0.25, -0.2) is 9.59 Å². The highest BCUT2D eigenvalue weighted by atomic mass is 32.1. The van der Waals surface area contributed by atoms with Gasteiger partial charge in [-0.15, -0.1) is 11.3 Å². The van der Waals surface area contributed by atoms with Gasteiger partial charge in [-0.05, 0) is 24.3 Å². The molecule has 1 aromatic rings. The van der Waals surface area contributed by atoms with Crippen molar-refractivity contribution in [2.45, 2.75) is 25.8 Å². The number of carboxylic acids is 1. The van der Waals surface area contributed by atoms with Crippen molar-refractivity contribution >= 4 is 23.3 Å². The van der Waals surface area contributed by atoms with E-state index in [1.54, 1.807) is 18.3 Å². The molecule has 1 atom stereocenters. The fraction of sp³-hybridized carbons (Fsp3) is 0.455. The zero-order chi connectivity index (χ0) is 12.7. The van der Waals surface area contributed by atoms with E-state index >= 15 is 0 Å². The highest BCUT2D eigenvalue weighted by molar-refractivity contribution is 7.09. The van der Waals surface area contributed by atoms with E-state index in [9.17, 15) is 9.59 Å². The summed E-state index contributed by atoms with van der Waals surface area (Å²) in [4.78, 5) is 23.2. The minimum absolute atomic E-state index is 0.369. The Balaban J connectivity index is 2.23. The van der Waals surface area contributed by atoms with Gasteiger partial charge in [0.1, 0.15) is 6.04 Å². The van der Waals surface area contributed by atoms with Gasteiger partial charge in [-0.2, -0.15) is 0 Å². The smallest absolute Gasteiger partial charge is 0.326 e. The first-order chi connectivity index (χ1) is 8.13. The Morgan fingerprint density at radius 2 is 2.29 bits per heavy atom. The molecule has 0 saturated heterocycles. The number of hydrogen-bond acceptors (Lipinski definition) is 3. The van der Waals surface area contributed by atoms with Gasteiger partial charge in [0.05, 0.1) is 0 Å². The number of aliphatic carboxylic acids is 1. The molecule has 0 aromatic carbocycles. The number of amides is 2. The van der Waals surface area contributed by atoms with Crippen molar-refractivity contribution in [2.75, 3.05) is 6.54 Å². The number of carbonyl (C=O) groups is 2. The van der Waals surface area contributed by atoms with E-state index in [1.165, 1.54) is 4.88 Å². The zero-order valence-corrected chi connectivity index (χ0v) is 10.4. The predicted octanol–water partition coefficient (Wildman–Crippen LogP) is 1.45. The van der Waals surface area contributed by atoms with Gasteiger partial charge in [-0.1, -0.05) is 13.0 Å². The Labute approximate surface area is 104 Å². The van der Waals surface area contributed by atoms with Gasteiger partial charge >= 0.3 is 12.0 Å². The topological polar surface area (TPSA) is 78.4 Å². The van der Waals surface area contributed by atoms with Crippen molar-refractivity contribution in [1.82, 2.24) is 10.6 Å². The van der Waals surface area contributed by atoms with Crippen molar-refractivity contribution < 1.29 is 14.7 Å². The molecule has 0 aliphatic carbocycles. The Hall–Kier alpha value is -1.56. The lowest BCUT2D eigenvalue weighted by Crippen LogP contribution is -2.46. The maximum absolute atomic E-state index is 11.4. The summed E-state index contributed by atoms with van der Waals surface area (Å²) in [6.07, 6.45) is 1.13. The molecule has 0 spiro atoms. The average Bonchev–Trinajstić information content (AvgIpc) is 2.78. The monoisotopic (exact) mass is 256 g/mol. The van der Waals surface area contributed by atoms with Crippen molar-refractivity contribution in [2.24, 2.45) is 0 Å². The highest BCUT2D eigenvalue weighted by Crippen LogP contribution is 2.07. The van der Waals surface area contributed by atoms with Crippen LogP contribution in [0.2, 0.25) is 0 Å². The van der Waals surface area contributed by atoms with Crippen LogP contribution in [-0.4, -0.2) is 29.7 Å². The molecule has 2 amide bonds. The van der Waals surface area contributed by atoms with Crippen LogP contribution in [0, 0.1) is 0 Å². The maximum Gasteiger partial charge on any atom is 0.326 e. The molecule has 0 saturated carbocycles. The minimum Gasteiger partial charge on any atom is -0.480 e. The van der Waals surface area contributed by atoms with Crippen LogP contribution < -0.4 is 10.6 Å². The molecule has 3 N–H and O–H groups in total. The van der Waals surface area contributed by atoms with Gasteiger partial charge in [-0.3, -0.25) is 0 Å². The molecule has 0 fully saturated rings. The van der Waals surface area contributed by atoms with Crippen LogP contribution in [0.3, 0.4) is 0 Å². The molecule has 0 aliphatic rings. The molecule has 1 aromatic heterocycles. The second-order valence-electron chi connectivity index (χ2n) is 3.53. The second-order valence-corrected chi connectivity index (χ2v) is 4.56. The molecule has 0 aliphatic heterocycles. The summed E-state index contributed by atoms with van der Waals surface area (Å²) < 4.78 is 0. The summed E-state index contributed by atoms with van der Waals surface area (Å²) in [5.74, 6) is -1.01. The molecule has 6 heteroatoms. The third-order valence-corrected chi connectivity index (χ3v) is 3.18. The SMILES string of the molecule is CCC(NC(=O)NCCc1cccs1)C(=O)O. The van der Waals surface area contributed by atoms with E-state index in [-0.39, 0.29) is 0 Å². The van der Waals surface area contributed by atoms with E-state index < -0.39 is 18.0 Å². The summed E-state index contributed by atoms with van der Waals surface area (Å²) in [5, 5.41) is 15.8. The van der Waals surface area contributed by atoms with Gasteiger partial charge in [0.15, 0.2) is 0 Å². The van der Waals surface area contributed by atoms with Gasteiger partial charge < -0.3 is 15.7 Å². The van der Waals surface area contributed by atoms with E-state index in [0.29, 0.717) is 13.0 Å². The largest absolute Gasteiger partial charge is 0.480 e. The molecule has 1 unspecified atom stereocenters. The maximum atomic E-state index is 11.4. The van der Waals surface area contributed by atoms with Crippen molar-refractivity contribution in [3.8, 4) is 0 Å². The standard InChI is InChI=1S/C11H16N2O3S/c1-2-9(10(14)15)13-11(16)12-6-5-8-4-3-7-17-8/h3-4,7,9H,2,5-6H2,1H3,(H,14,15)(H2,12,13,16). The van der Waals surface area contributed by atoms with Gasteiger partial charge in [0.2, 0.25) is 0 Å². The summed E-state index contributed by atoms with van der Waals surface area (Å²) >= 11 is 1.63. The third kappa shape index (κ3) is 4.86. The van der Waals surface area contributed by atoms with Crippen LogP contribution in [0.4, 0.5) is 4.79 Å². The lowest BCUT2D eigenvalue weighted by atomic mass is 10.2. The van der Waals surface area contributed by atoms with Gasteiger partial charge in [0, 0.05) is 11.4 Å². The van der Waals surface area contributed by atoms with E-state index in [2.05, 4.69) is 10.6 Å². The van der Waals surface area contributed by atoms with Crippen LogP contribution >= 0.6 is 11.3 Å². The molecular formula is C11H16N2O3S. The van der Waals surface area contributed by atoms with Crippen LogP contribution in [-0.2, 0) is 11.2 Å². The Morgan fingerprint density at radius 3 is 2.82 bits per heavy atom. The average molecular weight is 256 g/mol. The number of rotatable bonds is 6. The lowest BCUT2D eigenvalue weighted by molar-refractivity contribution is -0.139. The molecule has 94 valence electrons. The Bertz CT molecular complexity index is 365. The second kappa shape index (κ2) is 6.90. The van der Waals surface area contributed by atoms with Crippen molar-refractivity contribution in [3.05, 3.63) is 22.4 Å². The van der Waals surface area contributed by atoms with Crippen LogP contribution in [0.15, 0.2) is 17.5 Å². The molecule has 0 bridgehead atoms. The van der Waals surface area contributed by atoms with E-state index in [4.69, 9.17) is 5.11 Å². The number of carbonyl (C=O) groups excluding carboxylic acids is 1. The Morgan fingerprint density at radius 1 is 1.53 bits per heavy atom. The number of nitrogens with one attached hydrogen (secondary N) is 2. The first kappa shape index (κ1) is 13.5. The van der Waals surface area contributed by atoms with E-state index in [1.807, 2.05) is 17.5 Å². The predicted molar refractivity (Wildman–Crippen MR) is 66.3 cm³/mol. The summed E-state index contributed by atoms with van der Waals surface area (Å²) in [6.45, 7) is 2.22. The third-order valence-electron chi connectivity index (χ3n) is 2.25. The zero-order valence-electron chi connectivity index (χ0n) is 9.60.